The quantitative estimate of drug-likeness (QED) is 0.312. The summed E-state index contributed by atoms with van der Waals surface area (Å²) in [7, 11) is 1.82. The van der Waals surface area contributed by atoms with E-state index in [2.05, 4.69) is 57.1 Å². The van der Waals surface area contributed by atoms with Crippen LogP contribution in [-0.2, 0) is 13.0 Å². The van der Waals surface area contributed by atoms with Crippen LogP contribution in [-0.4, -0.2) is 37.6 Å². The number of nitrogens with zero attached hydrogens (tertiary/aromatic N) is 3. The third-order valence-corrected chi connectivity index (χ3v) is 6.07. The van der Waals surface area contributed by atoms with Gasteiger partial charge in [-0.1, -0.05) is 31.9 Å². The number of rotatable bonds is 7. The molecule has 7 heteroatoms. The number of thiophene rings is 1. The molecule has 3 rings (SSSR count). The number of hydrogen-bond acceptors (Lipinski definition) is 4. The van der Waals surface area contributed by atoms with Crippen molar-refractivity contribution in [2.24, 2.45) is 10.9 Å². The molecule has 1 atom stereocenters. The zero-order chi connectivity index (χ0) is 19.6. The van der Waals surface area contributed by atoms with Gasteiger partial charge in [-0.25, -0.2) is 4.98 Å². The molecule has 5 nitrogen and oxygen atoms in total. The van der Waals surface area contributed by atoms with Crippen LogP contribution >= 0.6 is 35.3 Å². The van der Waals surface area contributed by atoms with E-state index < -0.39 is 0 Å². The van der Waals surface area contributed by atoms with Crippen LogP contribution in [0.15, 0.2) is 40.8 Å². The van der Waals surface area contributed by atoms with E-state index in [4.69, 9.17) is 4.98 Å². The van der Waals surface area contributed by atoms with Gasteiger partial charge in [0.15, 0.2) is 5.96 Å². The minimum Gasteiger partial charge on any atom is -0.357 e. The maximum atomic E-state index is 4.69. The van der Waals surface area contributed by atoms with Gasteiger partial charge in [-0.2, -0.15) is 0 Å². The Morgan fingerprint density at radius 3 is 2.59 bits per heavy atom. The first kappa shape index (κ1) is 23.9. The summed E-state index contributed by atoms with van der Waals surface area (Å²) >= 11 is 1.83. The topological polar surface area (TPSA) is 52.6 Å². The molecule has 2 aromatic heterocycles. The van der Waals surface area contributed by atoms with Gasteiger partial charge in [0.25, 0.3) is 0 Å². The second-order valence-corrected chi connectivity index (χ2v) is 8.65. The van der Waals surface area contributed by atoms with Gasteiger partial charge in [0.2, 0.25) is 0 Å². The highest BCUT2D eigenvalue weighted by atomic mass is 127. The molecule has 0 saturated carbocycles. The molecule has 1 fully saturated rings. The summed E-state index contributed by atoms with van der Waals surface area (Å²) in [6.45, 7) is 6.16. The molecule has 160 valence electrons. The van der Waals surface area contributed by atoms with Crippen molar-refractivity contribution in [3.8, 4) is 0 Å². The second kappa shape index (κ2) is 13.1. The smallest absolute Gasteiger partial charge is 0.191 e. The minimum absolute atomic E-state index is 0. The standard InChI is InChI=1S/C22H33N5S.HI/c1-18(14-20-8-7-13-28-20)15-25-22(23-2)26-17-19-9-10-21(24-16-19)27-11-5-3-4-6-12-27;/h7-10,13,16,18H,3-6,11-12,14-15,17H2,1-2H3,(H2,23,25,26);1H. The van der Waals surface area contributed by atoms with Crippen LogP contribution in [0.5, 0.6) is 0 Å². The van der Waals surface area contributed by atoms with Gasteiger partial charge in [-0.3, -0.25) is 4.99 Å². The van der Waals surface area contributed by atoms with Crippen molar-refractivity contribution in [1.82, 2.24) is 15.6 Å². The Balaban J connectivity index is 0.00000300. The van der Waals surface area contributed by atoms with Gasteiger partial charge in [0, 0.05) is 44.3 Å². The van der Waals surface area contributed by atoms with Crippen molar-refractivity contribution in [2.75, 3.05) is 31.6 Å². The van der Waals surface area contributed by atoms with E-state index in [0.717, 1.165) is 44.4 Å². The Morgan fingerprint density at radius 1 is 1.17 bits per heavy atom. The highest BCUT2D eigenvalue weighted by Gasteiger charge is 2.11. The van der Waals surface area contributed by atoms with E-state index in [1.54, 1.807) is 0 Å². The van der Waals surface area contributed by atoms with Crippen LogP contribution in [0.2, 0.25) is 0 Å². The predicted molar refractivity (Wildman–Crippen MR) is 136 cm³/mol. The van der Waals surface area contributed by atoms with Crippen molar-refractivity contribution < 1.29 is 0 Å². The van der Waals surface area contributed by atoms with E-state index in [1.807, 2.05) is 24.6 Å². The lowest BCUT2D eigenvalue weighted by atomic mass is 10.1. The monoisotopic (exact) mass is 527 g/mol. The van der Waals surface area contributed by atoms with Crippen molar-refractivity contribution in [1.29, 1.82) is 0 Å². The van der Waals surface area contributed by atoms with Crippen LogP contribution < -0.4 is 15.5 Å². The van der Waals surface area contributed by atoms with Crippen LogP contribution in [0.25, 0.3) is 0 Å². The predicted octanol–water partition coefficient (Wildman–Crippen LogP) is 4.69. The van der Waals surface area contributed by atoms with Crippen LogP contribution in [0.4, 0.5) is 5.82 Å². The Kier molecular flexibility index (Phi) is 10.8. The number of halogens is 1. The van der Waals surface area contributed by atoms with Gasteiger partial charge in [0.05, 0.1) is 0 Å². The number of hydrogen-bond donors (Lipinski definition) is 2. The Labute approximate surface area is 196 Å². The first-order valence-corrected chi connectivity index (χ1v) is 11.3. The third kappa shape index (κ3) is 8.12. The van der Waals surface area contributed by atoms with Crippen molar-refractivity contribution in [3.63, 3.8) is 0 Å². The number of aliphatic imine (C=N–C) groups is 1. The van der Waals surface area contributed by atoms with Crippen LogP contribution in [0, 0.1) is 5.92 Å². The molecular formula is C22H34IN5S. The lowest BCUT2D eigenvalue weighted by Gasteiger charge is -2.21. The number of guanidine groups is 1. The molecule has 29 heavy (non-hydrogen) atoms. The second-order valence-electron chi connectivity index (χ2n) is 7.62. The molecule has 3 heterocycles. The number of aromatic nitrogens is 1. The summed E-state index contributed by atoms with van der Waals surface area (Å²) in [6.07, 6.45) is 8.33. The van der Waals surface area contributed by atoms with Crippen molar-refractivity contribution in [3.05, 3.63) is 46.3 Å². The van der Waals surface area contributed by atoms with Gasteiger partial charge >= 0.3 is 0 Å². The number of nitrogens with one attached hydrogen (secondary N) is 2. The lowest BCUT2D eigenvalue weighted by molar-refractivity contribution is 0.562. The molecular weight excluding hydrogens is 493 g/mol. The Bertz CT molecular complexity index is 709. The number of pyridine rings is 1. The highest BCUT2D eigenvalue weighted by molar-refractivity contribution is 14.0. The first-order valence-electron chi connectivity index (χ1n) is 10.4. The van der Waals surface area contributed by atoms with Gasteiger partial charge < -0.3 is 15.5 Å². The molecule has 0 amide bonds. The third-order valence-electron chi connectivity index (χ3n) is 5.17. The van der Waals surface area contributed by atoms with Crippen molar-refractivity contribution in [2.45, 2.75) is 45.6 Å². The molecule has 2 N–H and O–H groups in total. The fourth-order valence-electron chi connectivity index (χ4n) is 3.53. The molecule has 0 bridgehead atoms. The van der Waals surface area contributed by atoms with Gasteiger partial charge in [0.1, 0.15) is 5.82 Å². The molecule has 0 aromatic carbocycles. The van der Waals surface area contributed by atoms with E-state index in [9.17, 15) is 0 Å². The molecule has 1 aliphatic rings. The van der Waals surface area contributed by atoms with Gasteiger partial charge in [-0.15, -0.1) is 35.3 Å². The first-order chi connectivity index (χ1) is 13.7. The minimum atomic E-state index is 0. The van der Waals surface area contributed by atoms with E-state index >= 15 is 0 Å². The molecule has 2 aromatic rings. The molecule has 0 aliphatic carbocycles. The maximum Gasteiger partial charge on any atom is 0.191 e. The zero-order valence-corrected chi connectivity index (χ0v) is 20.7. The maximum absolute atomic E-state index is 4.69. The largest absolute Gasteiger partial charge is 0.357 e. The van der Waals surface area contributed by atoms with Crippen molar-refractivity contribution >= 4 is 47.1 Å². The van der Waals surface area contributed by atoms with E-state index in [-0.39, 0.29) is 24.0 Å². The number of anilines is 1. The highest BCUT2D eigenvalue weighted by Crippen LogP contribution is 2.17. The average molecular weight is 528 g/mol. The van der Waals surface area contributed by atoms with Crippen LogP contribution in [0.3, 0.4) is 0 Å². The Morgan fingerprint density at radius 2 is 1.97 bits per heavy atom. The summed E-state index contributed by atoms with van der Waals surface area (Å²) in [5.41, 5.74) is 1.17. The van der Waals surface area contributed by atoms with Crippen LogP contribution in [0.1, 0.15) is 43.0 Å². The van der Waals surface area contributed by atoms with Gasteiger partial charge in [-0.05, 0) is 48.3 Å². The fourth-order valence-corrected chi connectivity index (χ4v) is 4.40. The average Bonchev–Trinajstić information content (AvgIpc) is 3.07. The summed E-state index contributed by atoms with van der Waals surface area (Å²) in [5.74, 6) is 2.51. The molecule has 1 saturated heterocycles. The molecule has 0 radical (unpaired) electrons. The normalized spacial score (nSPS) is 15.9. The lowest BCUT2D eigenvalue weighted by Crippen LogP contribution is -2.39. The molecule has 1 aliphatic heterocycles. The molecule has 1 unspecified atom stereocenters. The SMILES string of the molecule is CN=C(NCc1ccc(N2CCCCCC2)nc1)NCC(C)Cc1cccs1.I. The summed E-state index contributed by atoms with van der Waals surface area (Å²) in [4.78, 5) is 12.9. The zero-order valence-electron chi connectivity index (χ0n) is 17.6. The fraction of sp³-hybridized carbons (Fsp3) is 0.545. The summed E-state index contributed by atoms with van der Waals surface area (Å²) < 4.78 is 0. The Hall–Kier alpha value is -1.35. The van der Waals surface area contributed by atoms with E-state index in [0.29, 0.717) is 5.92 Å². The molecule has 0 spiro atoms. The summed E-state index contributed by atoms with van der Waals surface area (Å²) in [6, 6.07) is 8.65. The van der Waals surface area contributed by atoms with E-state index in [1.165, 1.54) is 36.1 Å². The summed E-state index contributed by atoms with van der Waals surface area (Å²) in [5, 5.41) is 8.97.